The van der Waals surface area contributed by atoms with Crippen LogP contribution in [-0.4, -0.2) is 71.6 Å². The summed E-state index contributed by atoms with van der Waals surface area (Å²) >= 11 is 0. The SMILES string of the molecule is COC(=O)C1(Oc2cccnc2[N+](=O)[O-])OCC(OC(C)=O)C(OC(C)=O)C1OC(C)=O. The molecule has 0 radical (unpaired) electrons. The maximum absolute atomic E-state index is 12.8. The molecule has 0 aromatic carbocycles. The quantitative estimate of drug-likeness (QED) is 0.233. The lowest BCUT2D eigenvalue weighted by molar-refractivity contribution is -0.392. The third kappa shape index (κ3) is 5.26. The van der Waals surface area contributed by atoms with Gasteiger partial charge in [0.05, 0.1) is 13.7 Å². The zero-order valence-electron chi connectivity index (χ0n) is 17.5. The third-order valence-electron chi connectivity index (χ3n) is 4.07. The van der Waals surface area contributed by atoms with E-state index >= 15 is 0 Å². The predicted octanol–water partition coefficient (Wildman–Crippen LogP) is 0.0632. The molecule has 14 heteroatoms. The molecule has 0 bridgehead atoms. The minimum atomic E-state index is -2.68. The monoisotopic (exact) mass is 456 g/mol. The van der Waals surface area contributed by atoms with Gasteiger partial charge < -0.3 is 38.5 Å². The van der Waals surface area contributed by atoms with E-state index in [1.165, 1.54) is 6.07 Å². The minimum Gasteiger partial charge on any atom is -0.464 e. The van der Waals surface area contributed by atoms with E-state index in [1.807, 2.05) is 0 Å². The van der Waals surface area contributed by atoms with Crippen LogP contribution in [-0.2, 0) is 42.9 Å². The highest BCUT2D eigenvalue weighted by Gasteiger charge is 2.64. The number of nitro groups is 1. The molecule has 14 nitrogen and oxygen atoms in total. The van der Waals surface area contributed by atoms with E-state index in [-0.39, 0.29) is 0 Å². The van der Waals surface area contributed by atoms with Crippen molar-refractivity contribution >= 4 is 29.7 Å². The van der Waals surface area contributed by atoms with Gasteiger partial charge in [-0.25, -0.2) is 4.79 Å². The van der Waals surface area contributed by atoms with E-state index in [4.69, 9.17) is 28.4 Å². The van der Waals surface area contributed by atoms with Gasteiger partial charge in [0.25, 0.3) is 0 Å². The van der Waals surface area contributed by atoms with Crippen LogP contribution in [0.2, 0.25) is 0 Å². The number of hydrogen-bond acceptors (Lipinski definition) is 13. The highest BCUT2D eigenvalue weighted by Crippen LogP contribution is 2.37. The van der Waals surface area contributed by atoms with Crippen molar-refractivity contribution in [1.82, 2.24) is 4.98 Å². The molecular weight excluding hydrogens is 436 g/mol. The Labute approximate surface area is 180 Å². The normalized spacial score (nSPS) is 24.6. The van der Waals surface area contributed by atoms with Crippen LogP contribution in [0, 0.1) is 10.1 Å². The molecule has 4 unspecified atom stereocenters. The summed E-state index contributed by atoms with van der Waals surface area (Å²) in [5.74, 6) is -7.90. The van der Waals surface area contributed by atoms with Crippen molar-refractivity contribution in [3.8, 4) is 5.75 Å². The Balaban J connectivity index is 2.66. The van der Waals surface area contributed by atoms with Crippen LogP contribution >= 0.6 is 0 Å². The summed E-state index contributed by atoms with van der Waals surface area (Å²) < 4.78 is 31.2. The Kier molecular flexibility index (Phi) is 7.64. The first kappa shape index (κ1) is 24.5. The fourth-order valence-corrected chi connectivity index (χ4v) is 2.97. The highest BCUT2D eigenvalue weighted by molar-refractivity contribution is 5.81. The van der Waals surface area contributed by atoms with E-state index in [9.17, 15) is 29.3 Å². The van der Waals surface area contributed by atoms with Crippen LogP contribution in [0.3, 0.4) is 0 Å². The second-order valence-corrected chi connectivity index (χ2v) is 6.41. The lowest BCUT2D eigenvalue weighted by atomic mass is 9.95. The van der Waals surface area contributed by atoms with Crippen molar-refractivity contribution in [2.45, 2.75) is 44.9 Å². The Morgan fingerprint density at radius 3 is 2.28 bits per heavy atom. The van der Waals surface area contributed by atoms with Crippen LogP contribution in [0.1, 0.15) is 20.8 Å². The molecule has 2 heterocycles. The summed E-state index contributed by atoms with van der Waals surface area (Å²) in [6, 6.07) is 2.39. The van der Waals surface area contributed by atoms with Crippen LogP contribution < -0.4 is 4.74 Å². The number of carbonyl (C=O) groups excluding carboxylic acids is 4. The molecule has 1 aliphatic rings. The second-order valence-electron chi connectivity index (χ2n) is 6.41. The summed E-state index contributed by atoms with van der Waals surface area (Å²) in [6.07, 6.45) is -3.69. The topological polar surface area (TPSA) is 180 Å². The number of hydrogen-bond donors (Lipinski definition) is 0. The number of esters is 4. The van der Waals surface area contributed by atoms with Crippen molar-refractivity contribution in [2.24, 2.45) is 0 Å². The molecule has 1 aromatic heterocycles. The highest BCUT2D eigenvalue weighted by atomic mass is 16.8. The molecular formula is C18H20N2O12. The molecule has 32 heavy (non-hydrogen) atoms. The molecule has 174 valence electrons. The molecule has 0 saturated carbocycles. The molecule has 0 aliphatic carbocycles. The maximum Gasteiger partial charge on any atom is 0.406 e. The Hall–Kier alpha value is -3.81. The van der Waals surface area contributed by atoms with Crippen LogP contribution in [0.5, 0.6) is 5.75 Å². The van der Waals surface area contributed by atoms with Gasteiger partial charge in [0.1, 0.15) is 6.20 Å². The lowest BCUT2D eigenvalue weighted by Gasteiger charge is -2.45. The first-order valence-electron chi connectivity index (χ1n) is 9.04. The summed E-state index contributed by atoms with van der Waals surface area (Å²) in [5, 5.41) is 11.3. The molecule has 1 aliphatic heterocycles. The van der Waals surface area contributed by atoms with Crippen LogP contribution in [0.15, 0.2) is 18.3 Å². The molecule has 0 spiro atoms. The van der Waals surface area contributed by atoms with Gasteiger partial charge in [0, 0.05) is 20.8 Å². The molecule has 1 aromatic rings. The summed E-state index contributed by atoms with van der Waals surface area (Å²) in [5.41, 5.74) is 0. The van der Waals surface area contributed by atoms with Crippen molar-refractivity contribution in [3.05, 3.63) is 28.4 Å². The van der Waals surface area contributed by atoms with Gasteiger partial charge in [-0.2, -0.15) is 0 Å². The van der Waals surface area contributed by atoms with Gasteiger partial charge in [0.2, 0.25) is 11.9 Å². The molecule has 1 fully saturated rings. The fourth-order valence-electron chi connectivity index (χ4n) is 2.97. The Bertz CT molecular complexity index is 919. The number of pyridine rings is 1. The van der Waals surface area contributed by atoms with E-state index in [1.54, 1.807) is 0 Å². The lowest BCUT2D eigenvalue weighted by Crippen LogP contribution is -2.69. The van der Waals surface area contributed by atoms with E-state index in [0.717, 1.165) is 40.1 Å². The molecule has 1 saturated heterocycles. The summed E-state index contributed by atoms with van der Waals surface area (Å²) in [6.45, 7) is 2.49. The smallest absolute Gasteiger partial charge is 0.406 e. The first-order valence-corrected chi connectivity index (χ1v) is 9.04. The van der Waals surface area contributed by atoms with Gasteiger partial charge in [0.15, 0.2) is 12.2 Å². The number of aromatic nitrogens is 1. The van der Waals surface area contributed by atoms with Crippen LogP contribution in [0.25, 0.3) is 0 Å². The zero-order valence-corrected chi connectivity index (χ0v) is 17.5. The zero-order chi connectivity index (χ0) is 24.1. The first-order chi connectivity index (χ1) is 15.0. The van der Waals surface area contributed by atoms with Crippen molar-refractivity contribution in [3.63, 3.8) is 0 Å². The van der Waals surface area contributed by atoms with E-state index < -0.39 is 71.1 Å². The molecule has 4 atom stereocenters. The Morgan fingerprint density at radius 1 is 1.12 bits per heavy atom. The fraction of sp³-hybridized carbons (Fsp3) is 0.500. The number of rotatable bonds is 7. The number of methoxy groups -OCH3 is 1. The second kappa shape index (κ2) is 10.00. The van der Waals surface area contributed by atoms with E-state index in [2.05, 4.69) is 4.98 Å². The third-order valence-corrected chi connectivity index (χ3v) is 4.07. The maximum atomic E-state index is 12.8. The van der Waals surface area contributed by atoms with Crippen molar-refractivity contribution in [2.75, 3.05) is 13.7 Å². The van der Waals surface area contributed by atoms with Crippen molar-refractivity contribution < 1.29 is 52.5 Å². The van der Waals surface area contributed by atoms with Crippen molar-refractivity contribution in [1.29, 1.82) is 0 Å². The van der Waals surface area contributed by atoms with Gasteiger partial charge in [-0.3, -0.25) is 14.4 Å². The average Bonchev–Trinajstić information content (AvgIpc) is 2.70. The number of ether oxygens (including phenoxy) is 6. The van der Waals surface area contributed by atoms with E-state index in [0.29, 0.717) is 0 Å². The Morgan fingerprint density at radius 2 is 1.75 bits per heavy atom. The van der Waals surface area contributed by atoms with Gasteiger partial charge in [-0.1, -0.05) is 0 Å². The van der Waals surface area contributed by atoms with Gasteiger partial charge in [-0.15, -0.1) is 0 Å². The largest absolute Gasteiger partial charge is 0.464 e. The standard InChI is InChI=1S/C18H20N2O12/c1-9(21)29-13-8-28-18(17(24)27-4,15(31-11(3)23)14(13)30-10(2)22)32-12-6-5-7-19-16(12)20(25)26/h5-7,13-15H,8H2,1-4H3. The number of nitrogens with zero attached hydrogens (tertiary/aromatic N) is 2. The average molecular weight is 456 g/mol. The van der Waals surface area contributed by atoms with Gasteiger partial charge in [-0.05, 0) is 22.0 Å². The molecule has 2 rings (SSSR count). The van der Waals surface area contributed by atoms with Crippen LogP contribution in [0.4, 0.5) is 5.82 Å². The summed E-state index contributed by atoms with van der Waals surface area (Å²) in [7, 11) is 0.957. The minimum absolute atomic E-state index is 0.535. The number of carbonyl (C=O) groups is 4. The molecule has 0 amide bonds. The summed E-state index contributed by atoms with van der Waals surface area (Å²) in [4.78, 5) is 61.9. The predicted molar refractivity (Wildman–Crippen MR) is 98.9 cm³/mol. The molecule has 0 N–H and O–H groups in total. The van der Waals surface area contributed by atoms with Gasteiger partial charge >= 0.3 is 35.5 Å².